The van der Waals surface area contributed by atoms with Crippen molar-refractivity contribution in [2.75, 3.05) is 32.7 Å². The molecule has 0 radical (unpaired) electrons. The fraction of sp³-hybridized carbons (Fsp3) is 0.391. The molecule has 11 aliphatic rings. The first-order valence-electron chi connectivity index (χ1n) is 45.1. The van der Waals surface area contributed by atoms with E-state index in [1.807, 2.05) is 182 Å². The molecule has 15 heteroatoms. The topological polar surface area (TPSA) is 141 Å². The van der Waals surface area contributed by atoms with E-state index in [4.69, 9.17) is 0 Å². The van der Waals surface area contributed by atoms with E-state index in [0.29, 0.717) is 19.3 Å². The Bertz CT molecular complexity index is 4430. The monoisotopic (exact) mass is 1820 g/mol. The van der Waals surface area contributed by atoms with Crippen LogP contribution in [0.1, 0.15) is 220 Å². The van der Waals surface area contributed by atoms with Crippen molar-refractivity contribution >= 4 is 22.7 Å². The SMILES string of the molecule is C1=CN(C2C3CC4CC(C3)CC2C4)[CH-]N1C1C2CC3CC(C2)CC1C3.Cc1cc(C)c(N2C=CN(c3c(C)cc(C)cc3C)[CH-]2)c(C)c1.Cc1cc(C)c(N2[CH-]N(c3c(C)cc(C)cc3C)CC2)c(C)c1.OC(CC(O)c1ccccc1)c1ccccc1.OC(CC(O)c1ccccc1)c1ccccc1.OC(CC(O)c1ccccc1)c1ccccc1.[Cu+].[Cu+].[Cu+]. The van der Waals surface area contributed by atoms with E-state index in [2.05, 4.69) is 206 Å². The number of aliphatic hydroxyl groups excluding tert-OH is 6. The standard InChI is InChI=1S/C23H33N2.C21H27N2.C21H25N2.3C15H16O2.3Cu/c1-2-25(23-20-9-16-4-17(11-20)12-21(23)10-16)13-24(1)22-18-5-14-3-15(7-18)8-19(22)6-14;2*1-14-9-16(3)20(17(4)10-14)22-7-8-23(13-22)21-18(5)11-15(2)12-19(21)6;3*16-14(12-7-3-1-4-8-12)11-15(17)13-9-5-2-6-10-13;;;/h1-2,13-23H,3-12H2;9-13H,7-8H2,1-6H3;7-13H,1-6H3;3*1-10,14-17H,11H2;;;/q3*-1;;;;3*+1. The first-order chi connectivity index (χ1) is 58.8. The number of rotatable bonds is 18. The third-order valence-corrected chi connectivity index (χ3v) is 27.3. The van der Waals surface area contributed by atoms with Gasteiger partial charge in [0.1, 0.15) is 0 Å². The summed E-state index contributed by atoms with van der Waals surface area (Å²) in [5.41, 5.74) is 26.3. The maximum absolute atomic E-state index is 9.99. The molecule has 9 fully saturated rings. The third kappa shape index (κ3) is 24.6. The van der Waals surface area contributed by atoms with Crippen molar-refractivity contribution in [2.45, 2.75) is 215 Å². The van der Waals surface area contributed by atoms with E-state index < -0.39 is 36.6 Å². The molecule has 12 nitrogen and oxygen atoms in total. The van der Waals surface area contributed by atoms with Crippen molar-refractivity contribution in [1.82, 2.24) is 9.80 Å². The summed E-state index contributed by atoms with van der Waals surface area (Å²) in [6.07, 6.45) is 21.8. The smallest absolute Gasteiger partial charge is 0.505 e. The summed E-state index contributed by atoms with van der Waals surface area (Å²) in [6, 6.07) is 76.2. The Hall–Kier alpha value is -8.20. The largest absolute Gasteiger partial charge is 1.00 e. The van der Waals surface area contributed by atoms with Crippen molar-refractivity contribution in [2.24, 2.45) is 47.3 Å². The molecule has 8 bridgehead atoms. The zero-order valence-corrected chi connectivity index (χ0v) is 77.9. The Morgan fingerprint density at radius 1 is 0.256 bits per heavy atom. The molecule has 21 rings (SSSR count). The Kier molecular flexibility index (Phi) is 35.2. The molecule has 0 spiro atoms. The number of nitrogens with zero attached hydrogens (tertiary/aromatic N) is 6. The van der Waals surface area contributed by atoms with Gasteiger partial charge in [0.2, 0.25) is 0 Å². The number of anilines is 4. The van der Waals surface area contributed by atoms with Crippen LogP contribution in [0.15, 0.2) is 255 Å². The predicted molar refractivity (Wildman–Crippen MR) is 501 cm³/mol. The molecule has 8 saturated carbocycles. The van der Waals surface area contributed by atoms with Gasteiger partial charge in [-0.1, -0.05) is 253 Å². The zero-order chi connectivity index (χ0) is 85.8. The minimum atomic E-state index is -0.633. The Labute approximate surface area is 779 Å². The maximum Gasteiger partial charge on any atom is 1.00 e. The van der Waals surface area contributed by atoms with Crippen molar-refractivity contribution in [3.05, 3.63) is 375 Å². The van der Waals surface area contributed by atoms with Crippen LogP contribution in [-0.2, 0) is 51.2 Å². The molecule has 0 amide bonds. The zero-order valence-electron chi connectivity index (χ0n) is 75.1. The van der Waals surface area contributed by atoms with Crippen LogP contribution >= 0.6 is 0 Å². The van der Waals surface area contributed by atoms with Crippen LogP contribution in [0.2, 0.25) is 0 Å². The van der Waals surface area contributed by atoms with Crippen LogP contribution in [-0.4, -0.2) is 65.6 Å². The van der Waals surface area contributed by atoms with Crippen molar-refractivity contribution in [3.63, 3.8) is 0 Å². The molecule has 0 aromatic heterocycles. The van der Waals surface area contributed by atoms with Crippen LogP contribution in [0.4, 0.5) is 22.7 Å². The van der Waals surface area contributed by atoms with Gasteiger partial charge < -0.3 is 60.0 Å². The van der Waals surface area contributed by atoms with Gasteiger partial charge in [-0.05, 0) is 297 Å². The molecule has 10 aromatic carbocycles. The van der Waals surface area contributed by atoms with Crippen LogP contribution < -0.4 is 19.6 Å². The fourth-order valence-electron chi connectivity index (χ4n) is 22.9. The molecule has 1 saturated heterocycles. The summed E-state index contributed by atoms with van der Waals surface area (Å²) < 4.78 is 0. The van der Waals surface area contributed by atoms with Gasteiger partial charge in [-0.3, -0.25) is 0 Å². The molecule has 6 unspecified atom stereocenters. The second-order valence-corrected chi connectivity index (χ2v) is 37.1. The summed E-state index contributed by atoms with van der Waals surface area (Å²) in [4.78, 5) is 14.6. The van der Waals surface area contributed by atoms with E-state index in [1.54, 1.807) is 12.8 Å². The van der Waals surface area contributed by atoms with Gasteiger partial charge in [0.15, 0.2) is 0 Å². The number of hydrogen-bond donors (Lipinski definition) is 6. The van der Waals surface area contributed by atoms with E-state index in [1.165, 1.54) is 141 Å². The number of aryl methyl sites for hydroxylation is 12. The van der Waals surface area contributed by atoms with Crippen LogP contribution in [0.25, 0.3) is 0 Å². The Morgan fingerprint density at radius 3 is 0.664 bits per heavy atom. The van der Waals surface area contributed by atoms with Gasteiger partial charge >= 0.3 is 51.2 Å². The van der Waals surface area contributed by atoms with Gasteiger partial charge in [-0.25, -0.2) is 0 Å². The molecule has 6 atom stereocenters. The predicted octanol–water partition coefficient (Wildman–Crippen LogP) is 23.8. The number of aliphatic hydroxyl groups is 6. The Balaban J connectivity index is 0.000000146. The number of hydrogen-bond acceptors (Lipinski definition) is 12. The minimum Gasteiger partial charge on any atom is -0.505 e. The summed E-state index contributed by atoms with van der Waals surface area (Å²) in [6.45, 7) is 35.3. The second kappa shape index (κ2) is 45.2. The average Bonchev–Trinajstić information content (AvgIpc) is 1.72. The quantitative estimate of drug-likeness (QED) is 0.0360. The van der Waals surface area contributed by atoms with Crippen molar-refractivity contribution < 1.29 is 81.8 Å². The molecule has 672 valence electrons. The molecule has 10 aromatic rings. The van der Waals surface area contributed by atoms with Crippen molar-refractivity contribution in [1.29, 1.82) is 0 Å². The molecule has 3 aliphatic heterocycles. The molecule has 125 heavy (non-hydrogen) atoms. The first-order valence-corrected chi connectivity index (χ1v) is 45.1. The van der Waals surface area contributed by atoms with Gasteiger partial charge in [-0.2, -0.15) is 13.3 Å². The number of benzene rings is 10. The fourth-order valence-corrected chi connectivity index (χ4v) is 22.9. The van der Waals surface area contributed by atoms with Crippen LogP contribution in [0.3, 0.4) is 0 Å². The van der Waals surface area contributed by atoms with E-state index in [-0.39, 0.29) is 51.2 Å². The maximum atomic E-state index is 9.99. The van der Waals surface area contributed by atoms with E-state index in [9.17, 15) is 30.6 Å². The normalized spacial score (nSPS) is 22.7. The van der Waals surface area contributed by atoms with Crippen LogP contribution in [0.5, 0.6) is 0 Å². The summed E-state index contributed by atoms with van der Waals surface area (Å²) in [5, 5.41) is 60.0. The summed E-state index contributed by atoms with van der Waals surface area (Å²) in [7, 11) is 0. The van der Waals surface area contributed by atoms with Crippen molar-refractivity contribution in [3.8, 4) is 0 Å². The Morgan fingerprint density at radius 2 is 0.456 bits per heavy atom. The second-order valence-electron chi connectivity index (χ2n) is 37.1. The van der Waals surface area contributed by atoms with Crippen LogP contribution in [0, 0.1) is 150 Å². The molecular weight excluding hydrogens is 1690 g/mol. The van der Waals surface area contributed by atoms with Gasteiger partial charge in [0.05, 0.1) is 36.6 Å². The van der Waals surface area contributed by atoms with Gasteiger partial charge in [0, 0.05) is 67.2 Å². The molecule has 6 N–H and O–H groups in total. The van der Waals surface area contributed by atoms with E-state index >= 15 is 0 Å². The summed E-state index contributed by atoms with van der Waals surface area (Å²) >= 11 is 0. The average molecular weight is 1830 g/mol. The van der Waals surface area contributed by atoms with Gasteiger partial charge in [0.25, 0.3) is 0 Å². The molecule has 3 heterocycles. The molecule has 8 aliphatic carbocycles. The van der Waals surface area contributed by atoms with Gasteiger partial charge in [-0.15, -0.1) is 6.67 Å². The van der Waals surface area contributed by atoms with E-state index in [0.717, 1.165) is 106 Å². The molecular formula is C110H133Cu3N6O6. The third-order valence-electron chi connectivity index (χ3n) is 27.3. The minimum absolute atomic E-state index is 0. The summed E-state index contributed by atoms with van der Waals surface area (Å²) in [5.74, 6) is 8.34. The first kappa shape index (κ1) is 97.4.